The number of fused-ring (bicyclic) bond motifs is 1. The lowest BCUT2D eigenvalue weighted by atomic mass is 9.77. The van der Waals surface area contributed by atoms with Gasteiger partial charge in [0, 0.05) is 24.9 Å². The van der Waals surface area contributed by atoms with E-state index in [0.29, 0.717) is 50.8 Å². The van der Waals surface area contributed by atoms with Gasteiger partial charge in [0.25, 0.3) is 0 Å². The van der Waals surface area contributed by atoms with Crippen LogP contribution in [0.25, 0.3) is 0 Å². The maximum atomic E-state index is 13.4. The molecule has 2 amide bonds. The smallest absolute Gasteiger partial charge is 0.338 e. The highest BCUT2D eigenvalue weighted by Crippen LogP contribution is 2.38. The normalized spacial score (nSPS) is 24.2. The van der Waals surface area contributed by atoms with Crippen LogP contribution in [0, 0.1) is 23.2 Å². The number of esters is 1. The zero-order valence-electron chi connectivity index (χ0n) is 17.3. The van der Waals surface area contributed by atoms with Gasteiger partial charge in [0.05, 0.1) is 18.7 Å². The number of nitriles is 1. The Bertz CT molecular complexity index is 916. The van der Waals surface area contributed by atoms with Crippen LogP contribution in [0.2, 0.25) is 0 Å². The van der Waals surface area contributed by atoms with Gasteiger partial charge in [-0.1, -0.05) is 25.0 Å². The van der Waals surface area contributed by atoms with Crippen molar-refractivity contribution in [2.45, 2.75) is 57.0 Å². The second kappa shape index (κ2) is 8.10. The minimum Gasteiger partial charge on any atom is -0.465 e. The summed E-state index contributed by atoms with van der Waals surface area (Å²) in [5.41, 5.74) is 1.67. The van der Waals surface area contributed by atoms with Crippen LogP contribution in [0.1, 0.15) is 60.0 Å². The highest BCUT2D eigenvalue weighted by atomic mass is 16.5. The van der Waals surface area contributed by atoms with Crippen molar-refractivity contribution in [2.24, 2.45) is 11.8 Å². The number of carbonyl (C=O) groups excluding carboxylic acids is 3. The number of amides is 2. The number of methoxy groups -OCH3 is 1. The second-order valence-electron chi connectivity index (χ2n) is 8.63. The fourth-order valence-corrected chi connectivity index (χ4v) is 4.76. The SMILES string of the molecule is COC(=O)c1cccc2c1CN(C(=O)[C@@H]1CCCC[C@H]1C(=O)NC1(C#N)CC1)CC2. The Kier molecular flexibility index (Phi) is 5.50. The quantitative estimate of drug-likeness (QED) is 0.770. The first-order valence-corrected chi connectivity index (χ1v) is 10.7. The van der Waals surface area contributed by atoms with E-state index in [2.05, 4.69) is 11.4 Å². The Balaban J connectivity index is 1.52. The average Bonchev–Trinajstić information content (AvgIpc) is 3.57. The van der Waals surface area contributed by atoms with Crippen molar-refractivity contribution >= 4 is 17.8 Å². The van der Waals surface area contributed by atoms with Gasteiger partial charge in [0.2, 0.25) is 11.8 Å². The molecule has 4 rings (SSSR count). The predicted octanol–water partition coefficient (Wildman–Crippen LogP) is 2.34. The van der Waals surface area contributed by atoms with E-state index in [4.69, 9.17) is 4.74 Å². The van der Waals surface area contributed by atoms with Crippen LogP contribution in [-0.4, -0.2) is 41.9 Å². The van der Waals surface area contributed by atoms with Crippen molar-refractivity contribution in [1.82, 2.24) is 10.2 Å². The summed E-state index contributed by atoms with van der Waals surface area (Å²) in [4.78, 5) is 40.3. The lowest BCUT2D eigenvalue weighted by Gasteiger charge is -2.37. The van der Waals surface area contributed by atoms with E-state index >= 15 is 0 Å². The number of hydrogen-bond donors (Lipinski definition) is 1. The first-order valence-electron chi connectivity index (χ1n) is 10.7. The summed E-state index contributed by atoms with van der Waals surface area (Å²) in [7, 11) is 1.35. The van der Waals surface area contributed by atoms with E-state index in [9.17, 15) is 19.6 Å². The van der Waals surface area contributed by atoms with Gasteiger partial charge in [0.1, 0.15) is 5.54 Å². The molecule has 1 N–H and O–H groups in total. The lowest BCUT2D eigenvalue weighted by Crippen LogP contribution is -2.49. The van der Waals surface area contributed by atoms with Crippen molar-refractivity contribution < 1.29 is 19.1 Å². The van der Waals surface area contributed by atoms with Gasteiger partial charge in [-0.25, -0.2) is 4.79 Å². The van der Waals surface area contributed by atoms with E-state index in [-0.39, 0.29) is 17.7 Å². The summed E-state index contributed by atoms with van der Waals surface area (Å²) in [5.74, 6) is -1.36. The van der Waals surface area contributed by atoms with Crippen LogP contribution < -0.4 is 5.32 Å². The Morgan fingerprint density at radius 2 is 1.93 bits per heavy atom. The van der Waals surface area contributed by atoms with Crippen molar-refractivity contribution in [3.63, 3.8) is 0 Å². The molecule has 2 atom stereocenters. The zero-order chi connectivity index (χ0) is 21.3. The summed E-state index contributed by atoms with van der Waals surface area (Å²) in [6, 6.07) is 7.74. The molecule has 3 aliphatic rings. The maximum Gasteiger partial charge on any atom is 0.338 e. The molecule has 158 valence electrons. The molecule has 0 aromatic heterocycles. The summed E-state index contributed by atoms with van der Waals surface area (Å²) in [6.45, 7) is 0.926. The Morgan fingerprint density at radius 1 is 1.20 bits per heavy atom. The fraction of sp³-hybridized carbons (Fsp3) is 0.565. The molecule has 0 saturated heterocycles. The van der Waals surface area contributed by atoms with Crippen molar-refractivity contribution in [3.8, 4) is 6.07 Å². The predicted molar refractivity (Wildman–Crippen MR) is 108 cm³/mol. The van der Waals surface area contributed by atoms with E-state index < -0.39 is 17.4 Å². The first kappa shape index (κ1) is 20.4. The van der Waals surface area contributed by atoms with Crippen LogP contribution in [-0.2, 0) is 27.3 Å². The van der Waals surface area contributed by atoms with Gasteiger partial charge in [-0.3, -0.25) is 9.59 Å². The van der Waals surface area contributed by atoms with Crippen LogP contribution in [0.4, 0.5) is 0 Å². The molecule has 0 radical (unpaired) electrons. The summed E-state index contributed by atoms with van der Waals surface area (Å²) < 4.78 is 4.90. The summed E-state index contributed by atoms with van der Waals surface area (Å²) in [6.07, 6.45) is 5.21. The molecule has 7 nitrogen and oxygen atoms in total. The molecular weight excluding hydrogens is 382 g/mol. The van der Waals surface area contributed by atoms with E-state index in [1.54, 1.807) is 11.0 Å². The molecule has 2 fully saturated rings. The molecule has 1 aromatic rings. The first-order chi connectivity index (χ1) is 14.5. The number of ether oxygens (including phenoxy) is 1. The second-order valence-corrected chi connectivity index (χ2v) is 8.63. The lowest BCUT2D eigenvalue weighted by molar-refractivity contribution is -0.144. The monoisotopic (exact) mass is 409 g/mol. The third-order valence-corrected chi connectivity index (χ3v) is 6.74. The van der Waals surface area contributed by atoms with Gasteiger partial charge in [-0.2, -0.15) is 5.26 Å². The number of nitrogens with one attached hydrogen (secondary N) is 1. The minimum absolute atomic E-state index is 0.0260. The molecule has 30 heavy (non-hydrogen) atoms. The number of benzene rings is 1. The molecule has 1 heterocycles. The number of hydrogen-bond acceptors (Lipinski definition) is 5. The summed E-state index contributed by atoms with van der Waals surface area (Å²) in [5, 5.41) is 12.2. The van der Waals surface area contributed by atoms with Gasteiger partial charge in [0.15, 0.2) is 0 Å². The third-order valence-electron chi connectivity index (χ3n) is 6.74. The van der Waals surface area contributed by atoms with E-state index in [1.165, 1.54) is 7.11 Å². The Hall–Kier alpha value is -2.88. The number of nitrogens with zero attached hydrogens (tertiary/aromatic N) is 2. The Labute approximate surface area is 176 Å². The standard InChI is InChI=1S/C23H27N3O4/c1-30-22(29)18-8-4-5-15-9-12-26(13-19(15)18)21(28)17-7-3-2-6-16(17)20(27)25-23(14-24)10-11-23/h4-5,8,16-17H,2-3,6-7,9-13H2,1H3,(H,25,27)/t16-,17-/m1/s1. The van der Waals surface area contributed by atoms with E-state index in [1.807, 2.05) is 12.1 Å². The third kappa shape index (κ3) is 3.79. The van der Waals surface area contributed by atoms with E-state index in [0.717, 1.165) is 24.0 Å². The van der Waals surface area contributed by atoms with Crippen LogP contribution in [0.15, 0.2) is 18.2 Å². The van der Waals surface area contributed by atoms with Gasteiger partial charge >= 0.3 is 5.97 Å². The van der Waals surface area contributed by atoms with Crippen LogP contribution in [0.5, 0.6) is 0 Å². The molecular formula is C23H27N3O4. The van der Waals surface area contributed by atoms with Crippen LogP contribution in [0.3, 0.4) is 0 Å². The average molecular weight is 409 g/mol. The molecule has 2 aliphatic carbocycles. The topological polar surface area (TPSA) is 99.5 Å². The Morgan fingerprint density at radius 3 is 2.60 bits per heavy atom. The van der Waals surface area contributed by atoms with Crippen molar-refractivity contribution in [1.29, 1.82) is 5.26 Å². The molecule has 2 saturated carbocycles. The largest absolute Gasteiger partial charge is 0.465 e. The molecule has 0 spiro atoms. The van der Waals surface area contributed by atoms with Crippen molar-refractivity contribution in [2.75, 3.05) is 13.7 Å². The molecule has 0 unspecified atom stereocenters. The molecule has 1 aliphatic heterocycles. The highest BCUT2D eigenvalue weighted by Gasteiger charge is 2.47. The number of rotatable bonds is 4. The van der Waals surface area contributed by atoms with Crippen LogP contribution >= 0.6 is 0 Å². The molecule has 7 heteroatoms. The molecule has 0 bridgehead atoms. The number of carbonyl (C=O) groups is 3. The minimum atomic E-state index is -0.721. The molecule has 1 aromatic carbocycles. The fourth-order valence-electron chi connectivity index (χ4n) is 4.76. The maximum absolute atomic E-state index is 13.4. The zero-order valence-corrected chi connectivity index (χ0v) is 17.3. The highest BCUT2D eigenvalue weighted by molar-refractivity contribution is 5.92. The summed E-state index contributed by atoms with van der Waals surface area (Å²) >= 11 is 0. The van der Waals surface area contributed by atoms with Crippen molar-refractivity contribution in [3.05, 3.63) is 34.9 Å². The van der Waals surface area contributed by atoms with Gasteiger partial charge < -0.3 is 15.0 Å². The van der Waals surface area contributed by atoms with Gasteiger partial charge in [-0.05, 0) is 49.3 Å². The van der Waals surface area contributed by atoms with Gasteiger partial charge in [-0.15, -0.1) is 0 Å².